The average Bonchev–Trinajstić information content (AvgIpc) is 2.45. The largest absolute Gasteiger partial charge is 0.508 e. The van der Waals surface area contributed by atoms with Gasteiger partial charge < -0.3 is 10.2 Å². The molecule has 0 saturated heterocycles. The molecule has 3 N–H and O–H groups in total. The number of carbonyl (C=O) groups is 1. The quantitative estimate of drug-likeness (QED) is 0.371. The molecule has 0 spiro atoms. The molecule has 116 valence electrons. The number of hydrazone groups is 1. The summed E-state index contributed by atoms with van der Waals surface area (Å²) in [6.07, 6.45) is 8.64. The number of benzene rings is 1. The van der Waals surface area contributed by atoms with Crippen molar-refractivity contribution in [1.82, 2.24) is 5.43 Å². The molecule has 5 nitrogen and oxygen atoms in total. The van der Waals surface area contributed by atoms with Crippen molar-refractivity contribution < 1.29 is 15.0 Å². The van der Waals surface area contributed by atoms with Crippen LogP contribution < -0.4 is 5.43 Å². The maximum Gasteiger partial charge on any atom is 0.240 e. The fourth-order valence-electron chi connectivity index (χ4n) is 1.94. The highest BCUT2D eigenvalue weighted by atomic mass is 16.3. The topological polar surface area (TPSA) is 81.9 Å². The van der Waals surface area contributed by atoms with E-state index >= 15 is 0 Å². The second-order valence-electron chi connectivity index (χ2n) is 5.05. The number of hydrogen-bond acceptors (Lipinski definition) is 4. The Morgan fingerprint density at radius 2 is 1.90 bits per heavy atom. The Hall–Kier alpha value is -2.04. The van der Waals surface area contributed by atoms with Gasteiger partial charge in [-0.2, -0.15) is 5.10 Å². The molecule has 0 aromatic heterocycles. The van der Waals surface area contributed by atoms with Gasteiger partial charge in [0.1, 0.15) is 11.5 Å². The molecular formula is C16H24N2O3. The normalized spacial score (nSPS) is 10.9. The zero-order valence-corrected chi connectivity index (χ0v) is 12.5. The van der Waals surface area contributed by atoms with Crippen LogP contribution in [-0.2, 0) is 4.79 Å². The fraction of sp³-hybridized carbons (Fsp3) is 0.500. The van der Waals surface area contributed by atoms with Crippen LogP contribution in [0.5, 0.6) is 11.5 Å². The number of nitrogens with one attached hydrogen (secondary N) is 1. The lowest BCUT2D eigenvalue weighted by atomic mass is 10.1. The van der Waals surface area contributed by atoms with Crippen LogP contribution in [0, 0.1) is 0 Å². The van der Waals surface area contributed by atoms with E-state index in [9.17, 15) is 9.90 Å². The first-order valence-corrected chi connectivity index (χ1v) is 7.47. The van der Waals surface area contributed by atoms with E-state index in [2.05, 4.69) is 17.5 Å². The third kappa shape index (κ3) is 7.34. The van der Waals surface area contributed by atoms with E-state index in [0.717, 1.165) is 12.8 Å². The first-order chi connectivity index (χ1) is 10.1. The predicted molar refractivity (Wildman–Crippen MR) is 83.5 cm³/mol. The Bertz CT molecular complexity index is 473. The molecular weight excluding hydrogens is 268 g/mol. The van der Waals surface area contributed by atoms with Crippen molar-refractivity contribution in [3.8, 4) is 11.5 Å². The molecule has 1 aromatic carbocycles. The molecule has 0 heterocycles. The van der Waals surface area contributed by atoms with E-state index < -0.39 is 0 Å². The van der Waals surface area contributed by atoms with Crippen LogP contribution in [0.25, 0.3) is 0 Å². The van der Waals surface area contributed by atoms with Crippen LogP contribution in [0.1, 0.15) is 57.4 Å². The van der Waals surface area contributed by atoms with E-state index in [0.29, 0.717) is 12.0 Å². The molecule has 0 unspecified atom stereocenters. The molecule has 21 heavy (non-hydrogen) atoms. The summed E-state index contributed by atoms with van der Waals surface area (Å²) in [4.78, 5) is 11.5. The van der Waals surface area contributed by atoms with Crippen LogP contribution in [0.2, 0.25) is 0 Å². The highest BCUT2D eigenvalue weighted by molar-refractivity contribution is 5.85. The van der Waals surface area contributed by atoms with Gasteiger partial charge in [-0.05, 0) is 18.6 Å². The molecule has 0 saturated carbocycles. The van der Waals surface area contributed by atoms with Crippen molar-refractivity contribution in [2.24, 2.45) is 5.10 Å². The van der Waals surface area contributed by atoms with Gasteiger partial charge in [-0.3, -0.25) is 4.79 Å². The minimum atomic E-state index is -0.125. The standard InChI is InChI=1S/C16H24N2O3/c1-2-3-4-5-6-7-8-16(21)18-17-12-13-9-10-14(19)11-15(13)20/h9-12,19-20H,2-8H2,1H3,(H,18,21)/b17-12+. The third-order valence-corrected chi connectivity index (χ3v) is 3.16. The van der Waals surface area contributed by atoms with Crippen LogP contribution >= 0.6 is 0 Å². The minimum Gasteiger partial charge on any atom is -0.508 e. The lowest BCUT2D eigenvalue weighted by Crippen LogP contribution is -2.16. The number of rotatable bonds is 9. The smallest absolute Gasteiger partial charge is 0.240 e. The highest BCUT2D eigenvalue weighted by Gasteiger charge is 2.01. The summed E-state index contributed by atoms with van der Waals surface area (Å²) >= 11 is 0. The minimum absolute atomic E-state index is 0.0169. The summed E-state index contributed by atoms with van der Waals surface area (Å²) in [5.41, 5.74) is 2.87. The van der Waals surface area contributed by atoms with E-state index in [1.54, 1.807) is 0 Å². The zero-order chi connectivity index (χ0) is 15.5. The second kappa shape index (κ2) is 9.80. The van der Waals surface area contributed by atoms with Gasteiger partial charge in [-0.15, -0.1) is 0 Å². The van der Waals surface area contributed by atoms with E-state index in [1.165, 1.54) is 50.1 Å². The Balaban J connectivity index is 2.21. The van der Waals surface area contributed by atoms with Crippen molar-refractivity contribution in [3.63, 3.8) is 0 Å². The Morgan fingerprint density at radius 3 is 2.62 bits per heavy atom. The van der Waals surface area contributed by atoms with E-state index in [-0.39, 0.29) is 17.4 Å². The predicted octanol–water partition coefficient (Wildman–Crippen LogP) is 3.30. The number of hydrogen-bond donors (Lipinski definition) is 3. The summed E-state index contributed by atoms with van der Waals surface area (Å²) in [7, 11) is 0. The molecule has 1 amide bonds. The monoisotopic (exact) mass is 292 g/mol. The number of phenolic OH excluding ortho intramolecular Hbond substituents is 2. The van der Waals surface area contributed by atoms with Gasteiger partial charge in [0.05, 0.1) is 6.21 Å². The molecule has 1 aromatic rings. The summed E-state index contributed by atoms with van der Waals surface area (Å²) in [5, 5.41) is 22.5. The van der Waals surface area contributed by atoms with Crippen molar-refractivity contribution in [1.29, 1.82) is 0 Å². The van der Waals surface area contributed by atoms with Gasteiger partial charge in [-0.25, -0.2) is 5.43 Å². The average molecular weight is 292 g/mol. The van der Waals surface area contributed by atoms with E-state index in [1.807, 2.05) is 0 Å². The number of aromatic hydroxyl groups is 2. The first-order valence-electron chi connectivity index (χ1n) is 7.47. The Labute approximate surface area is 125 Å². The number of unbranched alkanes of at least 4 members (excludes halogenated alkanes) is 5. The number of nitrogens with zero attached hydrogens (tertiary/aromatic N) is 1. The summed E-state index contributed by atoms with van der Waals surface area (Å²) < 4.78 is 0. The van der Waals surface area contributed by atoms with Crippen LogP contribution in [0.4, 0.5) is 0 Å². The Morgan fingerprint density at radius 1 is 1.19 bits per heavy atom. The Kier molecular flexibility index (Phi) is 7.94. The van der Waals surface area contributed by atoms with Gasteiger partial charge >= 0.3 is 0 Å². The van der Waals surface area contributed by atoms with Crippen molar-refractivity contribution in [2.75, 3.05) is 0 Å². The van der Waals surface area contributed by atoms with Crippen LogP contribution in [0.3, 0.4) is 0 Å². The third-order valence-electron chi connectivity index (χ3n) is 3.16. The number of amides is 1. The maximum absolute atomic E-state index is 11.5. The summed E-state index contributed by atoms with van der Waals surface area (Å²) in [5.74, 6) is -0.222. The summed E-state index contributed by atoms with van der Waals surface area (Å²) in [6.45, 7) is 2.18. The van der Waals surface area contributed by atoms with E-state index in [4.69, 9.17) is 5.11 Å². The molecule has 1 rings (SSSR count). The van der Waals surface area contributed by atoms with Crippen LogP contribution in [-0.4, -0.2) is 22.3 Å². The molecule has 5 heteroatoms. The van der Waals surface area contributed by atoms with Gasteiger partial charge in [-0.1, -0.05) is 39.0 Å². The zero-order valence-electron chi connectivity index (χ0n) is 12.5. The van der Waals surface area contributed by atoms with Gasteiger partial charge in [0.2, 0.25) is 5.91 Å². The van der Waals surface area contributed by atoms with Gasteiger partial charge in [0, 0.05) is 18.1 Å². The lowest BCUT2D eigenvalue weighted by molar-refractivity contribution is -0.121. The van der Waals surface area contributed by atoms with Crippen molar-refractivity contribution in [2.45, 2.75) is 51.9 Å². The highest BCUT2D eigenvalue weighted by Crippen LogP contribution is 2.20. The lowest BCUT2D eigenvalue weighted by Gasteiger charge is -2.01. The molecule has 0 radical (unpaired) electrons. The van der Waals surface area contributed by atoms with Gasteiger partial charge in [0.15, 0.2) is 0 Å². The molecule has 0 fully saturated rings. The van der Waals surface area contributed by atoms with Crippen molar-refractivity contribution >= 4 is 12.1 Å². The second-order valence-corrected chi connectivity index (χ2v) is 5.05. The molecule has 0 aliphatic rings. The van der Waals surface area contributed by atoms with Gasteiger partial charge in [0.25, 0.3) is 0 Å². The maximum atomic E-state index is 11.5. The SMILES string of the molecule is CCCCCCCCC(=O)N/N=C/c1ccc(O)cc1O. The number of carbonyl (C=O) groups excluding carboxylic acids is 1. The molecule has 0 bridgehead atoms. The molecule has 0 aliphatic carbocycles. The van der Waals surface area contributed by atoms with Crippen LogP contribution in [0.15, 0.2) is 23.3 Å². The molecule has 0 aliphatic heterocycles. The first kappa shape index (κ1) is 17.0. The number of phenols is 2. The fourth-order valence-corrected chi connectivity index (χ4v) is 1.94. The molecule has 0 atom stereocenters. The van der Waals surface area contributed by atoms with Crippen molar-refractivity contribution in [3.05, 3.63) is 23.8 Å². The summed E-state index contributed by atoms with van der Waals surface area (Å²) in [6, 6.07) is 4.19.